The van der Waals surface area contributed by atoms with Crippen molar-refractivity contribution < 1.29 is 4.79 Å². The summed E-state index contributed by atoms with van der Waals surface area (Å²) in [4.78, 5) is 14.6. The Balaban J connectivity index is 1.98. The molecular weight excluding hydrogens is 334 g/mol. The Morgan fingerprint density at radius 3 is 2.22 bits per heavy atom. The van der Waals surface area contributed by atoms with Crippen LogP contribution in [0.25, 0.3) is 16.9 Å². The lowest BCUT2D eigenvalue weighted by Gasteiger charge is -2.28. The monoisotopic (exact) mass is 361 g/mol. The number of aromatic nitrogens is 2. The van der Waals surface area contributed by atoms with Gasteiger partial charge in [-0.15, -0.1) is 0 Å². The molecule has 140 valence electrons. The number of hydrogen-bond donors (Lipinski definition) is 0. The highest BCUT2D eigenvalue weighted by atomic mass is 16.2. The van der Waals surface area contributed by atoms with Crippen molar-refractivity contribution in [2.75, 3.05) is 7.05 Å². The van der Waals surface area contributed by atoms with E-state index in [9.17, 15) is 4.79 Å². The van der Waals surface area contributed by atoms with E-state index in [0.717, 1.165) is 28.9 Å². The highest BCUT2D eigenvalue weighted by molar-refractivity contribution is 5.81. The molecule has 0 N–H and O–H groups in total. The molecule has 0 aliphatic heterocycles. The van der Waals surface area contributed by atoms with Crippen LogP contribution in [0.5, 0.6) is 0 Å². The number of rotatable bonds is 6. The van der Waals surface area contributed by atoms with E-state index in [1.165, 1.54) is 0 Å². The van der Waals surface area contributed by atoms with E-state index in [1.54, 1.807) is 0 Å². The largest absolute Gasteiger partial charge is 0.341 e. The van der Waals surface area contributed by atoms with Crippen LogP contribution in [0.2, 0.25) is 0 Å². The van der Waals surface area contributed by atoms with Crippen molar-refractivity contribution in [3.63, 3.8) is 0 Å². The van der Waals surface area contributed by atoms with Crippen LogP contribution in [0.1, 0.15) is 32.8 Å². The van der Waals surface area contributed by atoms with Crippen molar-refractivity contribution in [3.05, 3.63) is 72.4 Å². The fraction of sp³-hybridized carbons (Fsp3) is 0.304. The van der Waals surface area contributed by atoms with Gasteiger partial charge in [-0.1, -0.05) is 69.3 Å². The summed E-state index contributed by atoms with van der Waals surface area (Å²) in [5.74, 6) is 0.150. The normalized spacial score (nSPS) is 11.4. The van der Waals surface area contributed by atoms with E-state index in [1.807, 2.05) is 85.2 Å². The third-order valence-electron chi connectivity index (χ3n) is 5.08. The van der Waals surface area contributed by atoms with E-state index in [-0.39, 0.29) is 11.3 Å². The minimum atomic E-state index is -0.364. The zero-order valence-electron chi connectivity index (χ0n) is 16.5. The molecule has 3 rings (SSSR count). The number of amides is 1. The lowest BCUT2D eigenvalue weighted by molar-refractivity contribution is -0.139. The highest BCUT2D eigenvalue weighted by Crippen LogP contribution is 2.27. The van der Waals surface area contributed by atoms with Gasteiger partial charge in [-0.2, -0.15) is 5.10 Å². The molecule has 27 heavy (non-hydrogen) atoms. The van der Waals surface area contributed by atoms with Gasteiger partial charge in [0.05, 0.1) is 11.4 Å². The van der Waals surface area contributed by atoms with Gasteiger partial charge in [0.25, 0.3) is 0 Å². The minimum absolute atomic E-state index is 0.150. The highest BCUT2D eigenvalue weighted by Gasteiger charge is 2.29. The maximum Gasteiger partial charge on any atom is 0.228 e. The van der Waals surface area contributed by atoms with Crippen LogP contribution >= 0.6 is 0 Å². The molecule has 0 atom stereocenters. The Kier molecular flexibility index (Phi) is 5.45. The first-order chi connectivity index (χ1) is 12.9. The van der Waals surface area contributed by atoms with Crippen LogP contribution in [-0.2, 0) is 11.3 Å². The Labute approximate surface area is 161 Å². The van der Waals surface area contributed by atoms with Gasteiger partial charge in [0.2, 0.25) is 5.91 Å². The van der Waals surface area contributed by atoms with Gasteiger partial charge >= 0.3 is 0 Å². The van der Waals surface area contributed by atoms with Crippen LogP contribution in [0.4, 0.5) is 0 Å². The van der Waals surface area contributed by atoms with Crippen molar-refractivity contribution in [3.8, 4) is 16.9 Å². The van der Waals surface area contributed by atoms with Gasteiger partial charge in [0, 0.05) is 36.3 Å². The number of para-hydroxylation sites is 1. The summed E-state index contributed by atoms with van der Waals surface area (Å²) in [6.45, 7) is 6.57. The molecule has 2 aromatic carbocycles. The molecule has 3 aromatic rings. The molecule has 0 aliphatic carbocycles. The van der Waals surface area contributed by atoms with Crippen LogP contribution < -0.4 is 0 Å². The molecule has 0 saturated carbocycles. The Morgan fingerprint density at radius 2 is 1.63 bits per heavy atom. The lowest BCUT2D eigenvalue weighted by atomic mass is 9.88. The summed E-state index contributed by atoms with van der Waals surface area (Å²) in [5.41, 5.74) is 3.64. The molecular formula is C23H27N3O. The Bertz CT molecular complexity index is 898. The van der Waals surface area contributed by atoms with Gasteiger partial charge < -0.3 is 4.90 Å². The molecule has 0 radical (unpaired) electrons. The number of carbonyl (C=O) groups is 1. The zero-order chi connectivity index (χ0) is 19.4. The SMILES string of the molecule is CCC(C)(C)C(=O)N(C)Cc1cn(-c2ccccc2)nc1-c1ccccc1. The average molecular weight is 361 g/mol. The van der Waals surface area contributed by atoms with Crippen molar-refractivity contribution in [2.45, 2.75) is 33.7 Å². The van der Waals surface area contributed by atoms with Crippen molar-refractivity contribution in [1.82, 2.24) is 14.7 Å². The molecule has 4 heteroatoms. The number of carbonyl (C=O) groups excluding carboxylic acids is 1. The number of nitrogens with zero attached hydrogens (tertiary/aromatic N) is 3. The maximum atomic E-state index is 12.8. The molecule has 0 unspecified atom stereocenters. The van der Waals surface area contributed by atoms with Gasteiger partial charge in [-0.3, -0.25) is 4.79 Å². The summed E-state index contributed by atoms with van der Waals surface area (Å²) in [5, 5.41) is 4.82. The Hall–Kier alpha value is -2.88. The molecule has 1 aromatic heterocycles. The van der Waals surface area contributed by atoms with Crippen LogP contribution in [0.15, 0.2) is 66.9 Å². The molecule has 0 aliphatic rings. The number of benzene rings is 2. The Morgan fingerprint density at radius 1 is 1.04 bits per heavy atom. The second-order valence-electron chi connectivity index (χ2n) is 7.55. The van der Waals surface area contributed by atoms with Gasteiger partial charge in [0.1, 0.15) is 0 Å². The molecule has 0 bridgehead atoms. The molecule has 0 spiro atoms. The summed E-state index contributed by atoms with van der Waals surface area (Å²) in [6.07, 6.45) is 2.84. The van der Waals surface area contributed by atoms with Gasteiger partial charge in [0.15, 0.2) is 0 Å². The van der Waals surface area contributed by atoms with E-state index in [2.05, 4.69) is 19.1 Å². The van der Waals surface area contributed by atoms with Crippen LogP contribution in [0.3, 0.4) is 0 Å². The topological polar surface area (TPSA) is 38.1 Å². The zero-order valence-corrected chi connectivity index (χ0v) is 16.5. The fourth-order valence-electron chi connectivity index (χ4n) is 3.07. The third kappa shape index (κ3) is 4.11. The van der Waals surface area contributed by atoms with E-state index in [0.29, 0.717) is 6.54 Å². The molecule has 0 saturated heterocycles. The summed E-state index contributed by atoms with van der Waals surface area (Å²) in [6, 6.07) is 20.2. The second kappa shape index (κ2) is 7.78. The van der Waals surface area contributed by atoms with E-state index >= 15 is 0 Å². The molecule has 0 fully saturated rings. The minimum Gasteiger partial charge on any atom is -0.341 e. The summed E-state index contributed by atoms with van der Waals surface area (Å²) < 4.78 is 1.89. The predicted octanol–water partition coefficient (Wildman–Crippen LogP) is 4.93. The van der Waals surface area contributed by atoms with Gasteiger partial charge in [-0.05, 0) is 18.6 Å². The first kappa shape index (κ1) is 18.9. The molecule has 4 nitrogen and oxygen atoms in total. The first-order valence-corrected chi connectivity index (χ1v) is 9.37. The second-order valence-corrected chi connectivity index (χ2v) is 7.55. The van der Waals surface area contributed by atoms with Crippen molar-refractivity contribution in [1.29, 1.82) is 0 Å². The average Bonchev–Trinajstić information content (AvgIpc) is 3.12. The standard InChI is InChI=1S/C23H27N3O/c1-5-23(2,3)22(27)25(4)16-19-17-26(20-14-10-7-11-15-20)24-21(19)18-12-8-6-9-13-18/h6-15,17H,5,16H2,1-4H3. The van der Waals surface area contributed by atoms with Gasteiger partial charge in [-0.25, -0.2) is 4.68 Å². The fourth-order valence-corrected chi connectivity index (χ4v) is 3.07. The van der Waals surface area contributed by atoms with Crippen molar-refractivity contribution in [2.24, 2.45) is 5.41 Å². The third-order valence-corrected chi connectivity index (χ3v) is 5.08. The molecule has 1 heterocycles. The maximum absolute atomic E-state index is 12.8. The predicted molar refractivity (Wildman–Crippen MR) is 110 cm³/mol. The molecule has 1 amide bonds. The van der Waals surface area contributed by atoms with Crippen molar-refractivity contribution >= 4 is 5.91 Å². The lowest BCUT2D eigenvalue weighted by Crippen LogP contribution is -2.37. The summed E-state index contributed by atoms with van der Waals surface area (Å²) >= 11 is 0. The quantitative estimate of drug-likeness (QED) is 0.624. The summed E-state index contributed by atoms with van der Waals surface area (Å²) in [7, 11) is 1.87. The smallest absolute Gasteiger partial charge is 0.228 e. The van der Waals surface area contributed by atoms with Crippen LogP contribution in [0, 0.1) is 5.41 Å². The number of hydrogen-bond acceptors (Lipinski definition) is 2. The van der Waals surface area contributed by atoms with Crippen LogP contribution in [-0.4, -0.2) is 27.6 Å². The van der Waals surface area contributed by atoms with E-state index < -0.39 is 0 Å². The first-order valence-electron chi connectivity index (χ1n) is 9.37. The van der Waals surface area contributed by atoms with E-state index in [4.69, 9.17) is 5.10 Å².